The highest BCUT2D eigenvalue weighted by atomic mass is 16.5. The van der Waals surface area contributed by atoms with Crippen molar-refractivity contribution in [3.05, 3.63) is 47.7 Å². The Labute approximate surface area is 138 Å². The molecule has 1 aliphatic rings. The molecule has 3 rings (SSSR count). The van der Waals surface area contributed by atoms with E-state index in [1.807, 2.05) is 11.0 Å². The van der Waals surface area contributed by atoms with E-state index in [1.165, 1.54) is 0 Å². The Bertz CT molecular complexity index is 755. The number of nitrogens with two attached hydrogens (primary N) is 1. The lowest BCUT2D eigenvalue weighted by Gasteiger charge is -2.30. The zero-order valence-corrected chi connectivity index (χ0v) is 13.0. The van der Waals surface area contributed by atoms with Crippen molar-refractivity contribution in [1.82, 2.24) is 4.90 Å². The van der Waals surface area contributed by atoms with Crippen molar-refractivity contribution in [3.63, 3.8) is 0 Å². The molecule has 1 aromatic heterocycles. The number of furan rings is 1. The Hall–Kier alpha value is -2.64. The van der Waals surface area contributed by atoms with Gasteiger partial charge in [-0.25, -0.2) is 4.79 Å². The molecule has 1 amide bonds. The van der Waals surface area contributed by atoms with Crippen LogP contribution in [0, 0.1) is 0 Å². The number of aromatic carboxylic acids is 1. The lowest BCUT2D eigenvalue weighted by atomic mass is 10.1. The summed E-state index contributed by atoms with van der Waals surface area (Å²) in [6.07, 6.45) is -0.610. The first-order valence-corrected chi connectivity index (χ1v) is 7.59. The number of ether oxygens (including phenoxy) is 1. The number of primary amides is 1. The molecule has 1 aliphatic heterocycles. The van der Waals surface area contributed by atoms with Gasteiger partial charge in [-0.05, 0) is 18.2 Å². The number of amides is 1. The average Bonchev–Trinajstić information content (AvgIpc) is 3.03. The second-order valence-electron chi connectivity index (χ2n) is 5.61. The summed E-state index contributed by atoms with van der Waals surface area (Å²) in [6.45, 7) is 2.02. The fourth-order valence-electron chi connectivity index (χ4n) is 2.73. The minimum Gasteiger partial charge on any atom is -0.478 e. The molecule has 0 spiro atoms. The number of hydrogen-bond donors (Lipinski definition) is 2. The van der Waals surface area contributed by atoms with Crippen LogP contribution in [-0.4, -0.2) is 47.7 Å². The summed E-state index contributed by atoms with van der Waals surface area (Å²) in [5.74, 6) is -0.283. The molecule has 3 N–H and O–H groups in total. The summed E-state index contributed by atoms with van der Waals surface area (Å²) in [5.41, 5.74) is 6.01. The zero-order valence-electron chi connectivity index (χ0n) is 13.0. The fourth-order valence-corrected chi connectivity index (χ4v) is 2.73. The maximum Gasteiger partial charge on any atom is 0.336 e. The van der Waals surface area contributed by atoms with Gasteiger partial charge in [0.1, 0.15) is 17.6 Å². The lowest BCUT2D eigenvalue weighted by molar-refractivity contribution is -0.135. The van der Waals surface area contributed by atoms with E-state index in [9.17, 15) is 14.7 Å². The normalized spacial score (nSPS) is 18.4. The number of carbonyl (C=O) groups is 2. The van der Waals surface area contributed by atoms with Gasteiger partial charge in [0, 0.05) is 18.7 Å². The molecule has 1 fully saturated rings. The van der Waals surface area contributed by atoms with E-state index in [0.29, 0.717) is 43.3 Å². The van der Waals surface area contributed by atoms with E-state index < -0.39 is 18.0 Å². The van der Waals surface area contributed by atoms with Crippen LogP contribution in [0.25, 0.3) is 11.3 Å². The Balaban J connectivity index is 1.75. The highest BCUT2D eigenvalue weighted by Crippen LogP contribution is 2.26. The van der Waals surface area contributed by atoms with E-state index in [4.69, 9.17) is 14.9 Å². The van der Waals surface area contributed by atoms with Crippen LogP contribution in [0.2, 0.25) is 0 Å². The minimum atomic E-state index is -0.999. The van der Waals surface area contributed by atoms with Crippen molar-refractivity contribution in [2.24, 2.45) is 5.73 Å². The second kappa shape index (κ2) is 6.86. The number of hydrogen-bond acceptors (Lipinski definition) is 5. The van der Waals surface area contributed by atoms with Crippen LogP contribution < -0.4 is 5.73 Å². The molecule has 2 aromatic rings. The molecule has 24 heavy (non-hydrogen) atoms. The molecule has 0 radical (unpaired) electrons. The van der Waals surface area contributed by atoms with E-state index in [2.05, 4.69) is 0 Å². The number of carbonyl (C=O) groups excluding carboxylic acids is 1. The summed E-state index contributed by atoms with van der Waals surface area (Å²) < 4.78 is 11.1. The summed E-state index contributed by atoms with van der Waals surface area (Å²) in [7, 11) is 0. The Kier molecular flexibility index (Phi) is 4.64. The Morgan fingerprint density at radius 3 is 2.79 bits per heavy atom. The largest absolute Gasteiger partial charge is 0.478 e. The third-order valence-corrected chi connectivity index (χ3v) is 3.93. The van der Waals surface area contributed by atoms with Crippen molar-refractivity contribution in [2.75, 3.05) is 19.7 Å². The first kappa shape index (κ1) is 16.2. The zero-order chi connectivity index (χ0) is 17.1. The molecule has 126 valence electrons. The summed E-state index contributed by atoms with van der Waals surface area (Å²) in [5, 5.41) is 9.27. The van der Waals surface area contributed by atoms with Crippen molar-refractivity contribution in [2.45, 2.75) is 12.6 Å². The molecule has 7 nitrogen and oxygen atoms in total. The number of morpholine rings is 1. The molecule has 2 heterocycles. The smallest absolute Gasteiger partial charge is 0.336 e. The molecule has 7 heteroatoms. The quantitative estimate of drug-likeness (QED) is 0.857. The first-order valence-electron chi connectivity index (χ1n) is 7.59. The maximum absolute atomic E-state index is 11.3. The standard InChI is InChI=1S/C17H18N2O5/c18-16(20)15-10-19(7-8-23-15)9-11-5-6-14(24-11)12-3-1-2-4-13(12)17(21)22/h1-6,15H,7-10H2,(H2,18,20)(H,21,22)/t15-/m0/s1. The van der Waals surface area contributed by atoms with Gasteiger partial charge in [0.25, 0.3) is 0 Å². The van der Waals surface area contributed by atoms with Gasteiger partial charge >= 0.3 is 5.97 Å². The van der Waals surface area contributed by atoms with Crippen LogP contribution in [-0.2, 0) is 16.1 Å². The van der Waals surface area contributed by atoms with Crippen LogP contribution in [0.5, 0.6) is 0 Å². The monoisotopic (exact) mass is 330 g/mol. The first-order chi connectivity index (χ1) is 11.5. The van der Waals surface area contributed by atoms with Crippen LogP contribution in [0.4, 0.5) is 0 Å². The van der Waals surface area contributed by atoms with Gasteiger partial charge in [-0.3, -0.25) is 9.69 Å². The predicted octanol–water partition coefficient (Wildman–Crippen LogP) is 1.33. The molecule has 1 atom stereocenters. The molecular formula is C17H18N2O5. The van der Waals surface area contributed by atoms with Crippen LogP contribution in [0.15, 0.2) is 40.8 Å². The number of carboxylic acids is 1. The molecule has 0 aliphatic carbocycles. The highest BCUT2D eigenvalue weighted by molar-refractivity contribution is 5.95. The fraction of sp³-hybridized carbons (Fsp3) is 0.294. The Morgan fingerprint density at radius 2 is 2.04 bits per heavy atom. The van der Waals surface area contributed by atoms with Gasteiger partial charge < -0.3 is 20.0 Å². The number of rotatable bonds is 5. The van der Waals surface area contributed by atoms with Crippen molar-refractivity contribution >= 4 is 11.9 Å². The van der Waals surface area contributed by atoms with Gasteiger partial charge in [0.15, 0.2) is 0 Å². The Morgan fingerprint density at radius 1 is 1.25 bits per heavy atom. The van der Waals surface area contributed by atoms with E-state index in [-0.39, 0.29) is 5.56 Å². The van der Waals surface area contributed by atoms with Crippen molar-refractivity contribution in [3.8, 4) is 11.3 Å². The van der Waals surface area contributed by atoms with E-state index in [1.54, 1.807) is 30.3 Å². The molecule has 0 unspecified atom stereocenters. The predicted molar refractivity (Wildman–Crippen MR) is 85.3 cm³/mol. The lowest BCUT2D eigenvalue weighted by Crippen LogP contribution is -2.47. The third-order valence-electron chi connectivity index (χ3n) is 3.93. The topological polar surface area (TPSA) is 106 Å². The summed E-state index contributed by atoms with van der Waals surface area (Å²) in [6, 6.07) is 10.3. The second-order valence-corrected chi connectivity index (χ2v) is 5.61. The third kappa shape index (κ3) is 3.47. The summed E-state index contributed by atoms with van der Waals surface area (Å²) in [4.78, 5) is 24.6. The average molecular weight is 330 g/mol. The molecule has 0 saturated carbocycles. The van der Waals surface area contributed by atoms with E-state index >= 15 is 0 Å². The van der Waals surface area contributed by atoms with E-state index in [0.717, 1.165) is 0 Å². The van der Waals surface area contributed by atoms with Gasteiger partial charge in [-0.15, -0.1) is 0 Å². The molecule has 0 bridgehead atoms. The van der Waals surface area contributed by atoms with Crippen LogP contribution >= 0.6 is 0 Å². The SMILES string of the molecule is NC(=O)[C@@H]1CN(Cc2ccc(-c3ccccc3C(=O)O)o2)CCO1. The number of nitrogens with zero attached hydrogens (tertiary/aromatic N) is 1. The number of carboxylic acid groups (broad SMARTS) is 1. The van der Waals surface area contributed by atoms with Crippen molar-refractivity contribution < 1.29 is 23.8 Å². The van der Waals surface area contributed by atoms with Crippen LogP contribution in [0.1, 0.15) is 16.1 Å². The van der Waals surface area contributed by atoms with Crippen molar-refractivity contribution in [1.29, 1.82) is 0 Å². The molecule has 1 aromatic carbocycles. The summed E-state index contributed by atoms with van der Waals surface area (Å²) >= 11 is 0. The number of benzene rings is 1. The van der Waals surface area contributed by atoms with Gasteiger partial charge in [0.05, 0.1) is 18.7 Å². The van der Waals surface area contributed by atoms with Crippen LogP contribution in [0.3, 0.4) is 0 Å². The van der Waals surface area contributed by atoms with Gasteiger partial charge in [0.2, 0.25) is 5.91 Å². The molecule has 1 saturated heterocycles. The minimum absolute atomic E-state index is 0.193. The highest BCUT2D eigenvalue weighted by Gasteiger charge is 2.25. The van der Waals surface area contributed by atoms with Gasteiger partial charge in [-0.1, -0.05) is 18.2 Å². The maximum atomic E-state index is 11.3. The van der Waals surface area contributed by atoms with Gasteiger partial charge in [-0.2, -0.15) is 0 Å². The molecular weight excluding hydrogens is 312 g/mol.